The van der Waals surface area contributed by atoms with Crippen LogP contribution < -0.4 is 9.47 Å². The number of hydrogen-bond acceptors (Lipinski definition) is 9. The number of esters is 2. The highest BCUT2D eigenvalue weighted by Gasteiger charge is 2.60. The molecule has 4 aliphatic heterocycles. The van der Waals surface area contributed by atoms with E-state index in [1.165, 1.54) is 5.56 Å². The molecular formula is C30H39NO8. The molecule has 9 nitrogen and oxygen atoms in total. The quantitative estimate of drug-likeness (QED) is 0.495. The van der Waals surface area contributed by atoms with Gasteiger partial charge in [0.05, 0.1) is 37.2 Å². The number of nitrogens with zero attached hydrogens (tertiary/aromatic N) is 1. The Labute approximate surface area is 229 Å². The first kappa shape index (κ1) is 26.4. The summed E-state index contributed by atoms with van der Waals surface area (Å²) in [5, 5.41) is 0. The SMILES string of the molecule is CCOC(=O)CC1(C(=O)OC2C(OC)=CC34CCCN3CCc3cc5c(cc3[C@H]24)OCO5)CCCC(C)(C)O1. The smallest absolute Gasteiger partial charge is 0.339 e. The maximum Gasteiger partial charge on any atom is 0.339 e. The van der Waals surface area contributed by atoms with Crippen LogP contribution in [0.3, 0.4) is 0 Å². The number of fused-ring (bicyclic) bond motifs is 3. The minimum atomic E-state index is -1.42. The summed E-state index contributed by atoms with van der Waals surface area (Å²) in [6.45, 7) is 7.95. The summed E-state index contributed by atoms with van der Waals surface area (Å²) in [7, 11) is 1.63. The highest BCUT2D eigenvalue weighted by molar-refractivity contribution is 5.86. The standard InChI is InChI=1S/C30H39NO8/c1-5-35-24(32)17-30(11-6-9-28(2,3)39-30)27(33)38-26-23(34-4)16-29-10-7-12-31(29)13-8-19-14-21-22(37-18-36-21)15-20(19)25(26)29/h14-16,25-26H,5-13,17-18H2,1-4H3/t25-,26?,29?,30?/m1/s1. The highest BCUT2D eigenvalue weighted by Crippen LogP contribution is 2.56. The van der Waals surface area contributed by atoms with Gasteiger partial charge in [-0.25, -0.2) is 4.79 Å². The largest absolute Gasteiger partial charge is 0.497 e. The lowest BCUT2D eigenvalue weighted by molar-refractivity contribution is -0.216. The molecule has 1 aromatic rings. The summed E-state index contributed by atoms with van der Waals surface area (Å²) in [5.41, 5.74) is -0.0676. The Morgan fingerprint density at radius 1 is 1.08 bits per heavy atom. The Balaban J connectivity index is 1.40. The molecule has 0 radical (unpaired) electrons. The van der Waals surface area contributed by atoms with Crippen molar-refractivity contribution in [3.8, 4) is 11.5 Å². The Hall–Kier alpha value is -2.78. The van der Waals surface area contributed by atoms with E-state index >= 15 is 0 Å². The van der Waals surface area contributed by atoms with Gasteiger partial charge in [-0.05, 0) is 95.2 Å². The summed E-state index contributed by atoms with van der Waals surface area (Å²) in [4.78, 5) is 29.4. The van der Waals surface area contributed by atoms with Crippen molar-refractivity contribution in [1.82, 2.24) is 4.90 Å². The molecule has 212 valence electrons. The van der Waals surface area contributed by atoms with Gasteiger partial charge in [-0.3, -0.25) is 9.69 Å². The second-order valence-electron chi connectivity index (χ2n) is 12.0. The molecule has 0 saturated carbocycles. The number of carbonyl (C=O) groups is 2. The van der Waals surface area contributed by atoms with E-state index in [0.717, 1.165) is 56.5 Å². The highest BCUT2D eigenvalue weighted by atomic mass is 16.7. The maximum atomic E-state index is 14.2. The molecule has 1 spiro atoms. The van der Waals surface area contributed by atoms with E-state index in [9.17, 15) is 9.59 Å². The zero-order valence-electron chi connectivity index (χ0n) is 23.4. The van der Waals surface area contributed by atoms with Crippen LogP contribution in [0.25, 0.3) is 0 Å². The van der Waals surface area contributed by atoms with E-state index in [1.54, 1.807) is 14.0 Å². The number of rotatable bonds is 6. The Morgan fingerprint density at radius 2 is 1.87 bits per heavy atom. The van der Waals surface area contributed by atoms with E-state index in [-0.39, 0.29) is 31.3 Å². The zero-order chi connectivity index (χ0) is 27.4. The fourth-order valence-electron chi connectivity index (χ4n) is 7.53. The predicted octanol–water partition coefficient (Wildman–Crippen LogP) is 4.02. The number of carbonyl (C=O) groups excluding carboxylic acids is 2. The number of ether oxygens (including phenoxy) is 6. The first-order valence-electron chi connectivity index (χ1n) is 14.2. The van der Waals surface area contributed by atoms with Gasteiger partial charge in [-0.1, -0.05) is 0 Å². The topological polar surface area (TPSA) is 92.8 Å². The van der Waals surface area contributed by atoms with Crippen molar-refractivity contribution < 1.29 is 38.0 Å². The fourth-order valence-corrected chi connectivity index (χ4v) is 7.53. The van der Waals surface area contributed by atoms with Gasteiger partial charge >= 0.3 is 11.9 Å². The summed E-state index contributed by atoms with van der Waals surface area (Å²) in [6, 6.07) is 4.14. The monoisotopic (exact) mass is 541 g/mol. The second kappa shape index (κ2) is 9.70. The summed E-state index contributed by atoms with van der Waals surface area (Å²) in [6.07, 6.45) is 6.09. The average molecular weight is 542 g/mol. The van der Waals surface area contributed by atoms with Gasteiger partial charge in [0.25, 0.3) is 0 Å². The molecule has 6 rings (SSSR count). The maximum absolute atomic E-state index is 14.2. The van der Waals surface area contributed by atoms with Crippen LogP contribution in [0.4, 0.5) is 0 Å². The molecule has 0 amide bonds. The van der Waals surface area contributed by atoms with Crippen molar-refractivity contribution >= 4 is 11.9 Å². The van der Waals surface area contributed by atoms with Crippen LogP contribution in [0, 0.1) is 0 Å². The number of methoxy groups -OCH3 is 1. The van der Waals surface area contributed by atoms with Crippen molar-refractivity contribution in [3.63, 3.8) is 0 Å². The average Bonchev–Trinajstić information content (AvgIpc) is 3.57. The van der Waals surface area contributed by atoms with Crippen LogP contribution in [0.5, 0.6) is 11.5 Å². The molecule has 0 bridgehead atoms. The molecule has 5 aliphatic rings. The minimum absolute atomic E-state index is 0.181. The summed E-state index contributed by atoms with van der Waals surface area (Å²) in [5.74, 6) is 0.899. The van der Waals surface area contributed by atoms with Gasteiger partial charge in [0, 0.05) is 6.54 Å². The van der Waals surface area contributed by atoms with E-state index in [4.69, 9.17) is 28.4 Å². The van der Waals surface area contributed by atoms with E-state index in [2.05, 4.69) is 23.1 Å². The van der Waals surface area contributed by atoms with Crippen molar-refractivity contribution in [2.75, 3.05) is 33.6 Å². The van der Waals surface area contributed by atoms with Crippen LogP contribution in [0.2, 0.25) is 0 Å². The van der Waals surface area contributed by atoms with Crippen molar-refractivity contribution in [3.05, 3.63) is 35.1 Å². The van der Waals surface area contributed by atoms with Gasteiger partial charge in [-0.15, -0.1) is 0 Å². The molecular weight excluding hydrogens is 502 g/mol. The molecule has 9 heteroatoms. The third kappa shape index (κ3) is 4.38. The molecule has 1 aliphatic carbocycles. The molecule has 0 aromatic heterocycles. The van der Waals surface area contributed by atoms with Gasteiger partial charge < -0.3 is 28.4 Å². The Bertz CT molecular complexity index is 1190. The predicted molar refractivity (Wildman–Crippen MR) is 141 cm³/mol. The van der Waals surface area contributed by atoms with Crippen molar-refractivity contribution in [2.24, 2.45) is 0 Å². The second-order valence-corrected chi connectivity index (χ2v) is 12.0. The van der Waals surface area contributed by atoms with E-state index in [1.807, 2.05) is 13.8 Å². The lowest BCUT2D eigenvalue weighted by Crippen LogP contribution is -2.54. The van der Waals surface area contributed by atoms with Gasteiger partial charge in [0.1, 0.15) is 5.76 Å². The normalized spacial score (nSPS) is 32.4. The zero-order valence-corrected chi connectivity index (χ0v) is 23.4. The molecule has 4 atom stereocenters. The molecule has 0 N–H and O–H groups in total. The lowest BCUT2D eigenvalue weighted by Gasteiger charge is -2.44. The third-order valence-corrected chi connectivity index (χ3v) is 9.14. The van der Waals surface area contributed by atoms with Crippen LogP contribution in [0.1, 0.15) is 76.3 Å². The summed E-state index contributed by atoms with van der Waals surface area (Å²) >= 11 is 0. The fraction of sp³-hybridized carbons (Fsp3) is 0.667. The van der Waals surface area contributed by atoms with Gasteiger partial charge in [-0.2, -0.15) is 0 Å². The van der Waals surface area contributed by atoms with Gasteiger partial charge in [0.15, 0.2) is 23.2 Å². The van der Waals surface area contributed by atoms with Crippen molar-refractivity contribution in [2.45, 2.75) is 94.5 Å². The Morgan fingerprint density at radius 3 is 2.62 bits per heavy atom. The number of hydrogen-bond donors (Lipinski definition) is 0. The molecule has 1 aromatic carbocycles. The third-order valence-electron chi connectivity index (χ3n) is 9.14. The minimum Gasteiger partial charge on any atom is -0.497 e. The summed E-state index contributed by atoms with van der Waals surface area (Å²) < 4.78 is 35.5. The van der Waals surface area contributed by atoms with Crippen LogP contribution in [0.15, 0.2) is 24.0 Å². The number of benzene rings is 1. The van der Waals surface area contributed by atoms with Crippen LogP contribution in [-0.2, 0) is 35.0 Å². The van der Waals surface area contributed by atoms with E-state index in [0.29, 0.717) is 17.9 Å². The molecule has 2 fully saturated rings. The van der Waals surface area contributed by atoms with Crippen LogP contribution >= 0.6 is 0 Å². The Kier molecular flexibility index (Phi) is 6.57. The van der Waals surface area contributed by atoms with Gasteiger partial charge in [0.2, 0.25) is 6.79 Å². The van der Waals surface area contributed by atoms with Crippen molar-refractivity contribution in [1.29, 1.82) is 0 Å². The van der Waals surface area contributed by atoms with E-state index < -0.39 is 29.2 Å². The molecule has 4 heterocycles. The first-order chi connectivity index (χ1) is 18.7. The van der Waals surface area contributed by atoms with Crippen LogP contribution in [-0.4, -0.2) is 73.3 Å². The molecule has 3 unspecified atom stereocenters. The first-order valence-corrected chi connectivity index (χ1v) is 14.2. The lowest BCUT2D eigenvalue weighted by atomic mass is 9.77. The molecule has 2 saturated heterocycles. The molecule has 39 heavy (non-hydrogen) atoms.